The molecule has 1 N–H and O–H groups in total. The lowest BCUT2D eigenvalue weighted by atomic mass is 9.85. The van der Waals surface area contributed by atoms with E-state index in [0.717, 1.165) is 28.3 Å². The number of hydrogen-bond donors (Lipinski definition) is 1. The maximum Gasteiger partial charge on any atom is 0.0956 e. The largest absolute Gasteiger partial charge is 0.390 e. The maximum absolute atomic E-state index is 10.3. The zero-order chi connectivity index (χ0) is 13.7. The van der Waals surface area contributed by atoms with Crippen molar-refractivity contribution in [3.05, 3.63) is 41.3 Å². The molecule has 0 radical (unpaired) electrons. The minimum atomic E-state index is -0.466. The molecule has 2 aliphatic rings. The molecule has 2 aromatic rings. The van der Waals surface area contributed by atoms with Gasteiger partial charge in [-0.2, -0.15) is 0 Å². The summed E-state index contributed by atoms with van der Waals surface area (Å²) in [5.41, 5.74) is 3.31. The van der Waals surface area contributed by atoms with Gasteiger partial charge < -0.3 is 14.4 Å². The molecule has 4 nitrogen and oxygen atoms in total. The van der Waals surface area contributed by atoms with Crippen molar-refractivity contribution < 1.29 is 9.84 Å². The molecule has 4 rings (SSSR count). The topological polar surface area (TPSA) is 47.3 Å². The minimum absolute atomic E-state index is 0.0510. The molecule has 1 aromatic carbocycles. The number of aliphatic hydroxyl groups is 1. The van der Waals surface area contributed by atoms with Crippen molar-refractivity contribution in [3.8, 4) is 11.3 Å². The van der Waals surface area contributed by atoms with Crippen molar-refractivity contribution >= 4 is 11.6 Å². The fourth-order valence-corrected chi connectivity index (χ4v) is 3.75. The Balaban J connectivity index is 1.88. The molecule has 1 aromatic heterocycles. The zero-order valence-corrected chi connectivity index (χ0v) is 11.6. The van der Waals surface area contributed by atoms with E-state index in [1.165, 1.54) is 0 Å². The molecule has 3 atom stereocenters. The molecule has 104 valence electrons. The van der Waals surface area contributed by atoms with Crippen LogP contribution >= 0.6 is 11.6 Å². The van der Waals surface area contributed by atoms with Gasteiger partial charge >= 0.3 is 0 Å². The number of benzene rings is 1. The number of fused-ring (bicyclic) bond motifs is 3. The Morgan fingerprint density at radius 1 is 1.40 bits per heavy atom. The summed E-state index contributed by atoms with van der Waals surface area (Å²) in [6.07, 6.45) is 4.05. The minimum Gasteiger partial charge on any atom is -0.390 e. The third-order valence-corrected chi connectivity index (χ3v) is 4.70. The highest BCUT2D eigenvalue weighted by atomic mass is 35.5. The molecule has 5 heteroatoms. The van der Waals surface area contributed by atoms with E-state index >= 15 is 0 Å². The quantitative estimate of drug-likeness (QED) is 0.878. The highest BCUT2D eigenvalue weighted by Crippen LogP contribution is 2.48. The van der Waals surface area contributed by atoms with E-state index in [-0.39, 0.29) is 12.0 Å². The number of aromatic nitrogens is 2. The van der Waals surface area contributed by atoms with E-state index in [0.29, 0.717) is 13.2 Å². The van der Waals surface area contributed by atoms with Gasteiger partial charge in [0.25, 0.3) is 0 Å². The summed E-state index contributed by atoms with van der Waals surface area (Å²) in [6, 6.07) is 6.00. The van der Waals surface area contributed by atoms with Gasteiger partial charge in [0.1, 0.15) is 0 Å². The van der Waals surface area contributed by atoms with Crippen LogP contribution in [0.1, 0.15) is 18.0 Å². The van der Waals surface area contributed by atoms with E-state index in [1.54, 1.807) is 0 Å². The summed E-state index contributed by atoms with van der Waals surface area (Å²) in [5.74, 6) is 0.109. The Morgan fingerprint density at radius 3 is 3.15 bits per heavy atom. The summed E-state index contributed by atoms with van der Waals surface area (Å²) in [4.78, 5) is 4.25. The lowest BCUT2D eigenvalue weighted by Crippen LogP contribution is -2.37. The predicted molar refractivity (Wildman–Crippen MR) is 75.7 cm³/mol. The summed E-state index contributed by atoms with van der Waals surface area (Å²) < 4.78 is 7.49. The number of halogens is 1. The highest BCUT2D eigenvalue weighted by molar-refractivity contribution is 6.32. The smallest absolute Gasteiger partial charge is 0.0956 e. The Hall–Kier alpha value is -1.36. The van der Waals surface area contributed by atoms with Crippen LogP contribution in [0.15, 0.2) is 30.7 Å². The zero-order valence-electron chi connectivity index (χ0n) is 10.9. The number of rotatable bonds is 1. The molecule has 0 saturated carbocycles. The summed E-state index contributed by atoms with van der Waals surface area (Å²) in [7, 11) is 0. The Morgan fingerprint density at radius 2 is 2.30 bits per heavy atom. The van der Waals surface area contributed by atoms with Crippen molar-refractivity contribution in [3.63, 3.8) is 0 Å². The van der Waals surface area contributed by atoms with Gasteiger partial charge in [0.2, 0.25) is 0 Å². The molecule has 1 fully saturated rings. The first kappa shape index (κ1) is 12.4. The monoisotopic (exact) mass is 290 g/mol. The second-order valence-electron chi connectivity index (χ2n) is 5.43. The van der Waals surface area contributed by atoms with Gasteiger partial charge in [-0.3, -0.25) is 0 Å². The van der Waals surface area contributed by atoms with E-state index < -0.39 is 6.10 Å². The average Bonchev–Trinajstić information content (AvgIpc) is 3.01. The second-order valence-corrected chi connectivity index (χ2v) is 5.83. The predicted octanol–water partition coefficient (Wildman–Crippen LogP) is 2.50. The molecule has 2 aliphatic heterocycles. The van der Waals surface area contributed by atoms with Crippen LogP contribution in [0.5, 0.6) is 0 Å². The van der Waals surface area contributed by atoms with Crippen molar-refractivity contribution in [1.29, 1.82) is 0 Å². The Bertz CT molecular complexity index is 655. The van der Waals surface area contributed by atoms with Gasteiger partial charge in [-0.05, 0) is 12.5 Å². The molecule has 1 saturated heterocycles. The van der Waals surface area contributed by atoms with Gasteiger partial charge in [0.15, 0.2) is 0 Å². The second kappa shape index (κ2) is 4.58. The standard InChI is InChI=1S/C15H15ClN2O2/c16-11-3-1-2-9-12-6-17-8-18(12)15(14(9)11)10-4-5-20-7-13(10)19/h1-3,6,8,10,13,15,19H,4-5,7H2/t10?,13-,15+/m1/s1. The van der Waals surface area contributed by atoms with Crippen LogP contribution in [0.4, 0.5) is 0 Å². The number of ether oxygens (including phenoxy) is 1. The van der Waals surface area contributed by atoms with Crippen molar-refractivity contribution in [2.24, 2.45) is 5.92 Å². The van der Waals surface area contributed by atoms with Crippen LogP contribution in [-0.2, 0) is 4.74 Å². The van der Waals surface area contributed by atoms with Gasteiger partial charge in [-0.25, -0.2) is 4.98 Å². The molecule has 0 spiro atoms. The first-order valence-corrected chi connectivity index (χ1v) is 7.21. The van der Waals surface area contributed by atoms with E-state index in [1.807, 2.05) is 24.7 Å². The van der Waals surface area contributed by atoms with Crippen LogP contribution in [0.2, 0.25) is 5.02 Å². The van der Waals surface area contributed by atoms with Gasteiger partial charge in [-0.15, -0.1) is 0 Å². The summed E-state index contributed by atoms with van der Waals surface area (Å²) in [6.45, 7) is 1.08. The van der Waals surface area contributed by atoms with E-state index in [9.17, 15) is 5.11 Å². The number of nitrogens with zero attached hydrogens (tertiary/aromatic N) is 2. The first-order valence-electron chi connectivity index (χ1n) is 6.84. The van der Waals surface area contributed by atoms with Crippen LogP contribution in [0, 0.1) is 5.92 Å². The molecule has 0 amide bonds. The van der Waals surface area contributed by atoms with Crippen LogP contribution in [-0.4, -0.2) is 34.0 Å². The highest BCUT2D eigenvalue weighted by Gasteiger charge is 2.40. The van der Waals surface area contributed by atoms with Crippen LogP contribution in [0.3, 0.4) is 0 Å². The first-order chi connectivity index (χ1) is 9.77. The Kier molecular flexibility index (Phi) is 2.84. The van der Waals surface area contributed by atoms with Gasteiger partial charge in [0, 0.05) is 28.7 Å². The molecule has 1 unspecified atom stereocenters. The number of aliphatic hydroxyl groups excluding tert-OH is 1. The third kappa shape index (κ3) is 1.65. The summed E-state index contributed by atoms with van der Waals surface area (Å²) in [5, 5.41) is 11.1. The van der Waals surface area contributed by atoms with Crippen molar-refractivity contribution in [2.45, 2.75) is 18.6 Å². The van der Waals surface area contributed by atoms with Crippen LogP contribution in [0.25, 0.3) is 11.3 Å². The van der Waals surface area contributed by atoms with Crippen molar-refractivity contribution in [2.75, 3.05) is 13.2 Å². The van der Waals surface area contributed by atoms with Crippen molar-refractivity contribution in [1.82, 2.24) is 9.55 Å². The third-order valence-electron chi connectivity index (χ3n) is 4.37. The molecule has 0 aliphatic carbocycles. The molecular weight excluding hydrogens is 276 g/mol. The maximum atomic E-state index is 10.3. The van der Waals surface area contributed by atoms with E-state index in [4.69, 9.17) is 16.3 Å². The average molecular weight is 291 g/mol. The number of hydrogen-bond acceptors (Lipinski definition) is 3. The van der Waals surface area contributed by atoms with Crippen LogP contribution < -0.4 is 0 Å². The SMILES string of the molecule is O[C@@H]1COCCC1[C@H]1c2c(Cl)cccc2-c2cncn21. The lowest BCUT2D eigenvalue weighted by Gasteiger charge is -2.33. The molecule has 0 bridgehead atoms. The number of imidazole rings is 1. The Labute approximate surface area is 122 Å². The fourth-order valence-electron chi connectivity index (χ4n) is 3.46. The van der Waals surface area contributed by atoms with Gasteiger partial charge in [-0.1, -0.05) is 23.7 Å². The normalized spacial score (nSPS) is 28.2. The summed E-state index contributed by atoms with van der Waals surface area (Å²) >= 11 is 6.43. The van der Waals surface area contributed by atoms with Gasteiger partial charge in [0.05, 0.1) is 37.0 Å². The fraction of sp³-hybridized carbons (Fsp3) is 0.400. The molecular formula is C15H15ClN2O2. The molecule has 20 heavy (non-hydrogen) atoms. The molecule has 3 heterocycles. The lowest BCUT2D eigenvalue weighted by molar-refractivity contribution is -0.0540. The van der Waals surface area contributed by atoms with E-state index in [2.05, 4.69) is 15.6 Å².